The summed E-state index contributed by atoms with van der Waals surface area (Å²) in [5.74, 6) is 0.519. The van der Waals surface area contributed by atoms with Gasteiger partial charge in [0.2, 0.25) is 0 Å². The zero-order valence-corrected chi connectivity index (χ0v) is 15.7. The fraction of sp³-hybridized carbons (Fsp3) is 0.444. The maximum Gasteiger partial charge on any atom is 0.284 e. The van der Waals surface area contributed by atoms with E-state index < -0.39 is 0 Å². The average molecular weight is 379 g/mol. The lowest BCUT2D eigenvalue weighted by molar-refractivity contribution is 0.0817. The van der Waals surface area contributed by atoms with Gasteiger partial charge in [0, 0.05) is 5.69 Å². The monoisotopic (exact) mass is 378 g/mol. The van der Waals surface area contributed by atoms with E-state index in [2.05, 4.69) is 34.9 Å². The average Bonchev–Trinajstić information content (AvgIpc) is 2.82. The van der Waals surface area contributed by atoms with Crippen molar-refractivity contribution in [3.63, 3.8) is 0 Å². The molecule has 0 unspecified atom stereocenters. The Labute approximate surface area is 146 Å². The number of nitrogens with zero attached hydrogens (tertiary/aromatic N) is 2. The lowest BCUT2D eigenvalue weighted by Gasteiger charge is -2.09. The van der Waals surface area contributed by atoms with Crippen molar-refractivity contribution < 1.29 is 9.53 Å². The smallest absolute Gasteiger partial charge is 0.284 e. The molecular formula is C18H23BrN2O2. The molecular weight excluding hydrogens is 356 g/mol. The van der Waals surface area contributed by atoms with Crippen LogP contribution in [0.15, 0.2) is 22.7 Å². The van der Waals surface area contributed by atoms with Gasteiger partial charge >= 0.3 is 0 Å². The molecule has 5 heteroatoms. The summed E-state index contributed by atoms with van der Waals surface area (Å²) >= 11 is 3.49. The van der Waals surface area contributed by atoms with Gasteiger partial charge in [-0.25, -0.2) is 4.68 Å². The normalized spacial score (nSPS) is 10.8. The molecule has 0 amide bonds. The first-order valence-corrected chi connectivity index (χ1v) is 8.76. The van der Waals surface area contributed by atoms with Gasteiger partial charge in [0.25, 0.3) is 5.91 Å². The summed E-state index contributed by atoms with van der Waals surface area (Å²) in [5, 5.41) is 4.37. The van der Waals surface area contributed by atoms with Crippen LogP contribution in [0, 0.1) is 13.8 Å². The van der Waals surface area contributed by atoms with Crippen molar-refractivity contribution in [2.75, 3.05) is 6.61 Å². The van der Waals surface area contributed by atoms with E-state index in [1.807, 2.05) is 32.0 Å². The molecule has 23 heavy (non-hydrogen) atoms. The lowest BCUT2D eigenvalue weighted by atomic mass is 10.1. The highest BCUT2D eigenvalue weighted by atomic mass is 79.9. The SMILES string of the molecule is CCCc1c(C)nn(C(=O)COc2ccc(CC)cc2Br)c1C. The van der Waals surface area contributed by atoms with Crippen LogP contribution in [0.25, 0.3) is 0 Å². The van der Waals surface area contributed by atoms with E-state index >= 15 is 0 Å². The van der Waals surface area contributed by atoms with E-state index in [1.54, 1.807) is 0 Å². The number of ether oxygens (including phenoxy) is 1. The van der Waals surface area contributed by atoms with Gasteiger partial charge in [-0.15, -0.1) is 0 Å². The number of rotatable bonds is 6. The summed E-state index contributed by atoms with van der Waals surface area (Å²) in [5.41, 5.74) is 4.22. The summed E-state index contributed by atoms with van der Waals surface area (Å²) in [4.78, 5) is 12.4. The summed E-state index contributed by atoms with van der Waals surface area (Å²) in [6.07, 6.45) is 2.94. The molecule has 0 saturated heterocycles. The van der Waals surface area contributed by atoms with Gasteiger partial charge in [0.15, 0.2) is 6.61 Å². The highest BCUT2D eigenvalue weighted by molar-refractivity contribution is 9.10. The van der Waals surface area contributed by atoms with Gasteiger partial charge in [0.05, 0.1) is 10.2 Å². The first-order chi connectivity index (χ1) is 11.0. The molecule has 0 saturated carbocycles. The van der Waals surface area contributed by atoms with Crippen LogP contribution in [0.2, 0.25) is 0 Å². The molecule has 0 aliphatic heterocycles. The summed E-state index contributed by atoms with van der Waals surface area (Å²) in [7, 11) is 0. The molecule has 1 aromatic heterocycles. The Balaban J connectivity index is 2.10. The van der Waals surface area contributed by atoms with Crippen molar-refractivity contribution in [3.8, 4) is 5.75 Å². The predicted molar refractivity (Wildman–Crippen MR) is 95.3 cm³/mol. The number of aromatic nitrogens is 2. The van der Waals surface area contributed by atoms with Crippen LogP contribution in [0.4, 0.5) is 0 Å². The molecule has 2 rings (SSSR count). The number of hydrogen-bond acceptors (Lipinski definition) is 3. The molecule has 0 bridgehead atoms. The van der Waals surface area contributed by atoms with Crippen LogP contribution in [0.3, 0.4) is 0 Å². The molecule has 2 aromatic rings. The second-order valence-corrected chi connectivity index (χ2v) is 6.47. The van der Waals surface area contributed by atoms with E-state index in [1.165, 1.54) is 10.2 Å². The predicted octanol–water partition coefficient (Wildman–Crippen LogP) is 4.50. The Morgan fingerprint density at radius 1 is 1.30 bits per heavy atom. The van der Waals surface area contributed by atoms with Gasteiger partial charge in [-0.3, -0.25) is 4.79 Å². The van der Waals surface area contributed by atoms with Crippen molar-refractivity contribution in [1.29, 1.82) is 0 Å². The fourth-order valence-electron chi connectivity index (χ4n) is 2.61. The van der Waals surface area contributed by atoms with Gasteiger partial charge in [0.1, 0.15) is 5.75 Å². The van der Waals surface area contributed by atoms with E-state index in [0.29, 0.717) is 5.75 Å². The first kappa shape index (κ1) is 17.7. The quantitative estimate of drug-likeness (QED) is 0.743. The third-order valence-electron chi connectivity index (χ3n) is 3.93. The molecule has 0 aliphatic rings. The van der Waals surface area contributed by atoms with Crippen molar-refractivity contribution in [2.24, 2.45) is 0 Å². The molecule has 0 radical (unpaired) electrons. The molecule has 0 atom stereocenters. The molecule has 0 spiro atoms. The summed E-state index contributed by atoms with van der Waals surface area (Å²) in [6, 6.07) is 5.91. The van der Waals surface area contributed by atoms with Gasteiger partial charge in [-0.1, -0.05) is 26.3 Å². The topological polar surface area (TPSA) is 44.1 Å². The minimum atomic E-state index is -0.153. The second-order valence-electron chi connectivity index (χ2n) is 5.61. The number of benzene rings is 1. The van der Waals surface area contributed by atoms with Crippen LogP contribution in [0.5, 0.6) is 5.75 Å². The van der Waals surface area contributed by atoms with E-state index in [-0.39, 0.29) is 12.5 Å². The van der Waals surface area contributed by atoms with Crippen molar-refractivity contribution >= 4 is 21.8 Å². The number of carbonyl (C=O) groups is 1. The molecule has 4 nitrogen and oxygen atoms in total. The third kappa shape index (κ3) is 4.02. The van der Waals surface area contributed by atoms with E-state index in [4.69, 9.17) is 4.74 Å². The van der Waals surface area contributed by atoms with Crippen molar-refractivity contribution in [2.45, 2.75) is 47.0 Å². The molecule has 1 heterocycles. The van der Waals surface area contributed by atoms with Crippen LogP contribution >= 0.6 is 15.9 Å². The number of halogens is 1. The maximum absolute atomic E-state index is 12.4. The minimum absolute atomic E-state index is 0.0302. The largest absolute Gasteiger partial charge is 0.483 e. The molecule has 1 aromatic carbocycles. The molecule has 124 valence electrons. The van der Waals surface area contributed by atoms with Crippen LogP contribution in [-0.2, 0) is 12.8 Å². The summed E-state index contributed by atoms with van der Waals surface area (Å²) < 4.78 is 7.99. The molecule has 0 fully saturated rings. The second kappa shape index (κ2) is 7.77. The van der Waals surface area contributed by atoms with Crippen LogP contribution < -0.4 is 4.74 Å². The maximum atomic E-state index is 12.4. The first-order valence-electron chi connectivity index (χ1n) is 7.97. The van der Waals surface area contributed by atoms with Crippen molar-refractivity contribution in [3.05, 3.63) is 45.2 Å². The van der Waals surface area contributed by atoms with Crippen LogP contribution in [0.1, 0.15) is 47.6 Å². The zero-order chi connectivity index (χ0) is 17.0. The molecule has 0 aliphatic carbocycles. The Kier molecular flexibility index (Phi) is 5.99. The van der Waals surface area contributed by atoms with Crippen molar-refractivity contribution in [1.82, 2.24) is 9.78 Å². The van der Waals surface area contributed by atoms with Crippen LogP contribution in [-0.4, -0.2) is 22.3 Å². The zero-order valence-electron chi connectivity index (χ0n) is 14.1. The van der Waals surface area contributed by atoms with E-state index in [9.17, 15) is 4.79 Å². The Morgan fingerprint density at radius 3 is 2.65 bits per heavy atom. The standard InChI is InChI=1S/C18H23BrN2O2/c1-5-7-15-12(3)20-21(13(15)4)18(22)11-23-17-9-8-14(6-2)10-16(17)19/h8-10H,5-7,11H2,1-4H3. The van der Waals surface area contributed by atoms with Gasteiger partial charge < -0.3 is 4.74 Å². The number of aryl methyl sites for hydroxylation is 2. The van der Waals surface area contributed by atoms with Gasteiger partial charge in [-0.05, 0) is 65.9 Å². The van der Waals surface area contributed by atoms with E-state index in [0.717, 1.165) is 40.7 Å². The Hall–Kier alpha value is -1.62. The minimum Gasteiger partial charge on any atom is -0.483 e. The third-order valence-corrected chi connectivity index (χ3v) is 4.55. The Morgan fingerprint density at radius 2 is 2.04 bits per heavy atom. The van der Waals surface area contributed by atoms with Gasteiger partial charge in [-0.2, -0.15) is 5.10 Å². The lowest BCUT2D eigenvalue weighted by Crippen LogP contribution is -2.22. The highest BCUT2D eigenvalue weighted by Crippen LogP contribution is 2.26. The Bertz CT molecular complexity index is 707. The number of hydrogen-bond donors (Lipinski definition) is 0. The molecule has 0 N–H and O–H groups in total. The highest BCUT2D eigenvalue weighted by Gasteiger charge is 2.16. The number of carbonyl (C=O) groups excluding carboxylic acids is 1. The fourth-order valence-corrected chi connectivity index (χ4v) is 3.15. The summed E-state index contributed by atoms with van der Waals surface area (Å²) in [6.45, 7) is 8.08.